The highest BCUT2D eigenvalue weighted by molar-refractivity contribution is 5.76. The molecule has 8 heteroatoms. The summed E-state index contributed by atoms with van der Waals surface area (Å²) in [6.07, 6.45) is -0.167. The maximum absolute atomic E-state index is 12.9. The van der Waals surface area contributed by atoms with Gasteiger partial charge in [0.15, 0.2) is 5.82 Å². The molecule has 8 nitrogen and oxygen atoms in total. The normalized spacial score (nSPS) is 16.8. The predicted octanol–water partition coefficient (Wildman–Crippen LogP) is 1.65. The summed E-state index contributed by atoms with van der Waals surface area (Å²) in [7, 11) is 0. The molecule has 0 bridgehead atoms. The van der Waals surface area contributed by atoms with Crippen molar-refractivity contribution in [1.29, 1.82) is 0 Å². The Morgan fingerprint density at radius 1 is 1.14 bits per heavy atom. The van der Waals surface area contributed by atoms with Gasteiger partial charge in [-0.25, -0.2) is 9.36 Å². The molecule has 0 radical (unpaired) electrons. The lowest BCUT2D eigenvalue weighted by Crippen LogP contribution is -2.45. The molecule has 1 saturated heterocycles. The number of aryl methyl sites for hydroxylation is 2. The topological polar surface area (TPSA) is 82.2 Å². The van der Waals surface area contributed by atoms with Crippen LogP contribution in [0.3, 0.4) is 0 Å². The van der Waals surface area contributed by atoms with Crippen LogP contribution >= 0.6 is 0 Å². The third kappa shape index (κ3) is 4.12. The second kappa shape index (κ2) is 8.00. The summed E-state index contributed by atoms with van der Waals surface area (Å²) in [6.45, 7) is 5.10. The summed E-state index contributed by atoms with van der Waals surface area (Å²) in [6, 6.07) is 14.8. The average Bonchev–Trinajstić information content (AvgIpc) is 3.08. The Morgan fingerprint density at radius 2 is 1.93 bits per heavy atom. The van der Waals surface area contributed by atoms with Crippen LogP contribution in [0.15, 0.2) is 53.3 Å². The van der Waals surface area contributed by atoms with Crippen molar-refractivity contribution in [3.8, 4) is 5.82 Å². The van der Waals surface area contributed by atoms with E-state index in [9.17, 15) is 9.59 Å². The molecule has 3 aromatic rings. The summed E-state index contributed by atoms with van der Waals surface area (Å²) in [5, 5.41) is 8.75. The van der Waals surface area contributed by atoms with Crippen LogP contribution in [0.2, 0.25) is 0 Å². The van der Waals surface area contributed by atoms with Crippen molar-refractivity contribution in [3.63, 3.8) is 0 Å². The SMILES string of the molecule is Cc1cc(C)n(-c2ccc(=O)n(CC(=O)N3CCO[C@H](c4ccccc4)C3)n2)n1. The Bertz CT molecular complexity index is 1070. The summed E-state index contributed by atoms with van der Waals surface area (Å²) in [5.41, 5.74) is 2.48. The van der Waals surface area contributed by atoms with Gasteiger partial charge in [0, 0.05) is 18.3 Å². The first-order valence-corrected chi connectivity index (χ1v) is 9.57. The first-order valence-electron chi connectivity index (χ1n) is 9.57. The first-order chi connectivity index (χ1) is 14.0. The fourth-order valence-corrected chi connectivity index (χ4v) is 3.50. The number of hydrogen-bond donors (Lipinski definition) is 0. The summed E-state index contributed by atoms with van der Waals surface area (Å²) < 4.78 is 8.68. The molecule has 0 N–H and O–H groups in total. The number of nitrogens with zero attached hydrogens (tertiary/aromatic N) is 5. The molecule has 1 aliphatic heterocycles. The van der Waals surface area contributed by atoms with Crippen molar-refractivity contribution in [2.24, 2.45) is 0 Å². The van der Waals surface area contributed by atoms with Gasteiger partial charge >= 0.3 is 0 Å². The molecule has 3 heterocycles. The van der Waals surface area contributed by atoms with Crippen LogP contribution in [0.5, 0.6) is 0 Å². The molecule has 0 saturated carbocycles. The summed E-state index contributed by atoms with van der Waals surface area (Å²) in [5.74, 6) is 0.349. The van der Waals surface area contributed by atoms with Crippen molar-refractivity contribution >= 4 is 5.91 Å². The smallest absolute Gasteiger partial charge is 0.267 e. The van der Waals surface area contributed by atoms with E-state index in [0.29, 0.717) is 25.5 Å². The van der Waals surface area contributed by atoms with E-state index in [0.717, 1.165) is 17.0 Å². The highest BCUT2D eigenvalue weighted by Gasteiger charge is 2.25. The third-order valence-corrected chi connectivity index (χ3v) is 4.95. The summed E-state index contributed by atoms with van der Waals surface area (Å²) in [4.78, 5) is 26.9. The third-order valence-electron chi connectivity index (χ3n) is 4.95. The minimum Gasteiger partial charge on any atom is -0.370 e. The van der Waals surface area contributed by atoms with Gasteiger partial charge < -0.3 is 9.64 Å². The monoisotopic (exact) mass is 393 g/mol. The van der Waals surface area contributed by atoms with E-state index in [1.165, 1.54) is 10.7 Å². The van der Waals surface area contributed by atoms with Gasteiger partial charge in [0.1, 0.15) is 12.6 Å². The second-order valence-electron chi connectivity index (χ2n) is 7.14. The van der Waals surface area contributed by atoms with E-state index in [-0.39, 0.29) is 24.1 Å². The maximum atomic E-state index is 12.9. The second-order valence-corrected chi connectivity index (χ2v) is 7.14. The minimum atomic E-state index is -0.323. The highest BCUT2D eigenvalue weighted by atomic mass is 16.5. The molecule has 1 fully saturated rings. The standard InChI is InChI=1S/C21H23N5O3/c1-15-12-16(2)26(22-15)19-8-9-20(27)25(23-19)14-21(28)24-10-11-29-18(13-24)17-6-4-3-5-7-17/h3-9,12,18H,10-11,13-14H2,1-2H3/t18-/m0/s1. The van der Waals surface area contributed by atoms with Crippen LogP contribution in [0, 0.1) is 13.8 Å². The first kappa shape index (κ1) is 19.1. The van der Waals surface area contributed by atoms with Crippen molar-refractivity contribution in [2.75, 3.05) is 19.7 Å². The summed E-state index contributed by atoms with van der Waals surface area (Å²) >= 11 is 0. The lowest BCUT2D eigenvalue weighted by Gasteiger charge is -2.33. The van der Waals surface area contributed by atoms with Crippen molar-refractivity contribution in [3.05, 3.63) is 75.8 Å². The van der Waals surface area contributed by atoms with Gasteiger partial charge in [-0.3, -0.25) is 9.59 Å². The predicted molar refractivity (Wildman–Crippen MR) is 107 cm³/mol. The maximum Gasteiger partial charge on any atom is 0.267 e. The zero-order valence-corrected chi connectivity index (χ0v) is 16.5. The number of carbonyl (C=O) groups is 1. The van der Waals surface area contributed by atoms with Crippen LogP contribution in [-0.4, -0.2) is 50.1 Å². The van der Waals surface area contributed by atoms with Gasteiger partial charge in [0.05, 0.1) is 18.8 Å². The molecule has 1 aromatic carbocycles. The quantitative estimate of drug-likeness (QED) is 0.673. The number of hydrogen-bond acceptors (Lipinski definition) is 5. The van der Waals surface area contributed by atoms with Crippen LogP contribution in [0.25, 0.3) is 5.82 Å². The number of morpholine rings is 1. The number of ether oxygens (including phenoxy) is 1. The van der Waals surface area contributed by atoms with Crippen LogP contribution in [0.1, 0.15) is 23.1 Å². The van der Waals surface area contributed by atoms with Crippen LogP contribution in [0.4, 0.5) is 0 Å². The Kier molecular flexibility index (Phi) is 5.26. The van der Waals surface area contributed by atoms with Crippen LogP contribution in [-0.2, 0) is 16.1 Å². The molecule has 1 aliphatic rings. The fourth-order valence-electron chi connectivity index (χ4n) is 3.50. The lowest BCUT2D eigenvalue weighted by atomic mass is 10.1. The number of carbonyl (C=O) groups excluding carboxylic acids is 1. The Labute approximate surface area is 168 Å². The number of amides is 1. The largest absolute Gasteiger partial charge is 0.370 e. The van der Waals surface area contributed by atoms with Gasteiger partial charge in [0.2, 0.25) is 5.91 Å². The molecule has 1 atom stereocenters. The molecule has 1 amide bonds. The van der Waals surface area contributed by atoms with E-state index in [2.05, 4.69) is 10.2 Å². The molecule has 0 unspecified atom stereocenters. The number of benzene rings is 1. The average molecular weight is 393 g/mol. The van der Waals surface area contributed by atoms with Gasteiger partial charge in [-0.15, -0.1) is 5.10 Å². The van der Waals surface area contributed by atoms with Crippen LogP contribution < -0.4 is 5.56 Å². The fraction of sp³-hybridized carbons (Fsp3) is 0.333. The molecule has 0 spiro atoms. The van der Waals surface area contributed by atoms with E-state index < -0.39 is 0 Å². The van der Waals surface area contributed by atoms with Gasteiger partial charge in [0.25, 0.3) is 5.56 Å². The molecular formula is C21H23N5O3. The molecule has 0 aliphatic carbocycles. The molecule has 2 aromatic heterocycles. The number of rotatable bonds is 4. The van der Waals surface area contributed by atoms with E-state index in [4.69, 9.17) is 4.74 Å². The zero-order chi connectivity index (χ0) is 20.4. The van der Waals surface area contributed by atoms with Crippen molar-refractivity contribution < 1.29 is 9.53 Å². The molecule has 150 valence electrons. The van der Waals surface area contributed by atoms with Gasteiger partial charge in [-0.05, 0) is 31.5 Å². The number of aromatic nitrogens is 4. The molecular weight excluding hydrogens is 370 g/mol. The van der Waals surface area contributed by atoms with E-state index in [1.54, 1.807) is 15.6 Å². The Balaban J connectivity index is 1.51. The van der Waals surface area contributed by atoms with Crippen molar-refractivity contribution in [2.45, 2.75) is 26.5 Å². The van der Waals surface area contributed by atoms with E-state index >= 15 is 0 Å². The Morgan fingerprint density at radius 3 is 2.66 bits per heavy atom. The zero-order valence-electron chi connectivity index (χ0n) is 16.5. The van der Waals surface area contributed by atoms with E-state index in [1.807, 2.05) is 50.2 Å². The Hall–Kier alpha value is -3.26. The molecule has 29 heavy (non-hydrogen) atoms. The highest BCUT2D eigenvalue weighted by Crippen LogP contribution is 2.22. The minimum absolute atomic E-state index is 0.118. The van der Waals surface area contributed by atoms with Gasteiger partial charge in [-0.2, -0.15) is 5.10 Å². The van der Waals surface area contributed by atoms with Gasteiger partial charge in [-0.1, -0.05) is 30.3 Å². The molecule has 4 rings (SSSR count). The van der Waals surface area contributed by atoms with Crippen molar-refractivity contribution in [1.82, 2.24) is 24.5 Å². The lowest BCUT2D eigenvalue weighted by molar-refractivity contribution is -0.139.